The second-order valence-electron chi connectivity index (χ2n) is 6.38. The highest BCUT2D eigenvalue weighted by atomic mass is 35.5. The Hall–Kier alpha value is -2.93. The van der Waals surface area contributed by atoms with Crippen molar-refractivity contribution in [1.29, 1.82) is 0 Å². The smallest absolute Gasteiger partial charge is 0.404 e. The minimum atomic E-state index is -0.922. The van der Waals surface area contributed by atoms with Crippen LogP contribution in [0.4, 0.5) is 4.79 Å². The van der Waals surface area contributed by atoms with E-state index in [2.05, 4.69) is 0 Å². The van der Waals surface area contributed by atoms with E-state index in [-0.39, 0.29) is 18.9 Å². The fourth-order valence-electron chi connectivity index (χ4n) is 3.45. The molecule has 28 heavy (non-hydrogen) atoms. The zero-order valence-electron chi connectivity index (χ0n) is 15.6. The van der Waals surface area contributed by atoms with Gasteiger partial charge in [-0.15, -0.1) is 0 Å². The van der Waals surface area contributed by atoms with Gasteiger partial charge < -0.3 is 24.8 Å². The molecule has 8 heteroatoms. The number of primary amides is 1. The number of carbonyl (C=O) groups excluding carboxylic acids is 2. The van der Waals surface area contributed by atoms with Crippen molar-refractivity contribution in [1.82, 2.24) is 4.90 Å². The Balaban J connectivity index is 1.97. The van der Waals surface area contributed by atoms with Gasteiger partial charge in [-0.25, -0.2) is 4.79 Å². The molecule has 1 saturated heterocycles. The molecule has 148 valence electrons. The van der Waals surface area contributed by atoms with Crippen LogP contribution in [0.1, 0.15) is 23.6 Å². The summed E-state index contributed by atoms with van der Waals surface area (Å²) in [4.78, 5) is 25.8. The number of methoxy groups -OCH3 is 2. The number of halogens is 1. The van der Waals surface area contributed by atoms with Gasteiger partial charge in [0, 0.05) is 16.7 Å². The topological polar surface area (TPSA) is 91.1 Å². The van der Waals surface area contributed by atoms with E-state index < -0.39 is 18.2 Å². The van der Waals surface area contributed by atoms with Crippen LogP contribution in [0, 0.1) is 0 Å². The van der Waals surface area contributed by atoms with Crippen molar-refractivity contribution in [2.75, 3.05) is 14.2 Å². The number of carbonyl (C=O) groups is 2. The molecule has 2 atom stereocenters. The number of rotatable bonds is 6. The van der Waals surface area contributed by atoms with E-state index in [4.69, 9.17) is 31.5 Å². The summed E-state index contributed by atoms with van der Waals surface area (Å²) in [6, 6.07) is 12.0. The van der Waals surface area contributed by atoms with Crippen LogP contribution in [0.5, 0.6) is 11.5 Å². The summed E-state index contributed by atoms with van der Waals surface area (Å²) >= 11 is 6.13. The minimum Gasteiger partial charge on any atom is -0.497 e. The molecular formula is C20H21ClN2O5. The molecule has 2 aromatic rings. The molecule has 0 aliphatic carbocycles. The second-order valence-corrected chi connectivity index (χ2v) is 6.82. The zero-order chi connectivity index (χ0) is 20.3. The van der Waals surface area contributed by atoms with Crippen molar-refractivity contribution in [3.63, 3.8) is 0 Å². The van der Waals surface area contributed by atoms with Crippen molar-refractivity contribution in [2.45, 2.75) is 25.1 Å². The average Bonchev–Trinajstić information content (AvgIpc) is 2.96. The van der Waals surface area contributed by atoms with Crippen molar-refractivity contribution >= 4 is 23.6 Å². The maximum absolute atomic E-state index is 12.8. The van der Waals surface area contributed by atoms with Crippen LogP contribution in [-0.2, 0) is 16.1 Å². The van der Waals surface area contributed by atoms with Crippen molar-refractivity contribution < 1.29 is 23.8 Å². The predicted molar refractivity (Wildman–Crippen MR) is 103 cm³/mol. The average molecular weight is 405 g/mol. The van der Waals surface area contributed by atoms with Gasteiger partial charge in [0.15, 0.2) is 0 Å². The van der Waals surface area contributed by atoms with Crippen LogP contribution in [0.2, 0.25) is 5.02 Å². The molecule has 0 aromatic heterocycles. The van der Waals surface area contributed by atoms with Gasteiger partial charge in [0.25, 0.3) is 0 Å². The Labute approximate surface area is 167 Å². The molecule has 0 unspecified atom stereocenters. The van der Waals surface area contributed by atoms with Crippen molar-refractivity contribution in [3.05, 3.63) is 58.6 Å². The van der Waals surface area contributed by atoms with Crippen LogP contribution in [-0.4, -0.2) is 37.2 Å². The lowest BCUT2D eigenvalue weighted by Gasteiger charge is -2.29. The Morgan fingerprint density at radius 3 is 2.64 bits per heavy atom. The van der Waals surface area contributed by atoms with Gasteiger partial charge >= 0.3 is 6.09 Å². The zero-order valence-corrected chi connectivity index (χ0v) is 16.3. The number of hydrogen-bond acceptors (Lipinski definition) is 5. The summed E-state index contributed by atoms with van der Waals surface area (Å²) in [6.45, 7) is 0.266. The largest absolute Gasteiger partial charge is 0.497 e. The Kier molecular flexibility index (Phi) is 5.94. The van der Waals surface area contributed by atoms with E-state index in [1.807, 2.05) is 12.1 Å². The fourth-order valence-corrected chi connectivity index (χ4v) is 3.65. The fraction of sp³-hybridized carbons (Fsp3) is 0.300. The number of hydrogen-bond donors (Lipinski definition) is 1. The van der Waals surface area contributed by atoms with Crippen LogP contribution < -0.4 is 15.2 Å². The predicted octanol–water partition coefficient (Wildman–Crippen LogP) is 3.29. The van der Waals surface area contributed by atoms with Crippen LogP contribution in [0.3, 0.4) is 0 Å². The van der Waals surface area contributed by atoms with Gasteiger partial charge in [-0.05, 0) is 29.8 Å². The number of nitrogens with two attached hydrogens (primary N) is 1. The molecular weight excluding hydrogens is 384 g/mol. The first-order chi connectivity index (χ1) is 13.4. The van der Waals surface area contributed by atoms with Crippen LogP contribution in [0.25, 0.3) is 0 Å². The quantitative estimate of drug-likeness (QED) is 0.797. The Morgan fingerprint density at radius 1 is 1.21 bits per heavy atom. The maximum Gasteiger partial charge on any atom is 0.404 e. The highest BCUT2D eigenvalue weighted by molar-refractivity contribution is 6.30. The monoisotopic (exact) mass is 404 g/mol. The second kappa shape index (κ2) is 8.39. The molecule has 2 amide bonds. The van der Waals surface area contributed by atoms with Gasteiger partial charge in [0.1, 0.15) is 17.6 Å². The van der Waals surface area contributed by atoms with E-state index in [0.29, 0.717) is 16.5 Å². The van der Waals surface area contributed by atoms with Crippen molar-refractivity contribution in [2.24, 2.45) is 5.73 Å². The molecule has 1 aliphatic heterocycles. The molecule has 2 aromatic carbocycles. The first-order valence-electron chi connectivity index (χ1n) is 8.65. The molecule has 0 bridgehead atoms. The normalized spacial score (nSPS) is 18.8. The summed E-state index contributed by atoms with van der Waals surface area (Å²) in [5.41, 5.74) is 6.77. The van der Waals surface area contributed by atoms with Gasteiger partial charge in [0.2, 0.25) is 5.91 Å². The van der Waals surface area contributed by atoms with Gasteiger partial charge in [-0.3, -0.25) is 4.79 Å². The van der Waals surface area contributed by atoms with Crippen LogP contribution in [0.15, 0.2) is 42.5 Å². The molecule has 1 fully saturated rings. The van der Waals surface area contributed by atoms with Gasteiger partial charge in [-0.2, -0.15) is 0 Å². The van der Waals surface area contributed by atoms with Crippen LogP contribution >= 0.6 is 11.6 Å². The summed E-state index contributed by atoms with van der Waals surface area (Å²) in [6.07, 6.45) is -1.58. The molecule has 0 spiro atoms. The maximum atomic E-state index is 12.8. The number of nitrogens with zero attached hydrogens (tertiary/aromatic N) is 1. The molecule has 3 rings (SSSR count). The minimum absolute atomic E-state index is 0.0403. The molecule has 7 nitrogen and oxygen atoms in total. The Bertz CT molecular complexity index is 889. The summed E-state index contributed by atoms with van der Waals surface area (Å²) < 4.78 is 15.9. The molecule has 1 aliphatic rings. The highest BCUT2D eigenvalue weighted by Crippen LogP contribution is 2.38. The summed E-state index contributed by atoms with van der Waals surface area (Å²) in [5.74, 6) is 1.08. The SMILES string of the molecule is COc1ccc(CN2C(=O)C[C@@H](OC(N)=O)[C@@H]2c2cccc(Cl)c2)c(OC)c1. The summed E-state index contributed by atoms with van der Waals surface area (Å²) in [7, 11) is 3.12. The summed E-state index contributed by atoms with van der Waals surface area (Å²) in [5, 5.41) is 0.525. The lowest BCUT2D eigenvalue weighted by atomic mass is 10.0. The third-order valence-electron chi connectivity index (χ3n) is 4.68. The van der Waals surface area contributed by atoms with Crippen molar-refractivity contribution in [3.8, 4) is 11.5 Å². The van der Waals surface area contributed by atoms with E-state index in [1.165, 1.54) is 0 Å². The van der Waals surface area contributed by atoms with E-state index >= 15 is 0 Å². The lowest BCUT2D eigenvalue weighted by Crippen LogP contribution is -2.32. The van der Waals surface area contributed by atoms with Gasteiger partial charge in [-0.1, -0.05) is 23.7 Å². The number of likely N-dealkylation sites (tertiary alicyclic amines) is 1. The lowest BCUT2D eigenvalue weighted by molar-refractivity contribution is -0.129. The van der Waals surface area contributed by atoms with E-state index in [0.717, 1.165) is 11.1 Å². The molecule has 0 saturated carbocycles. The number of amides is 2. The van der Waals surface area contributed by atoms with E-state index in [1.54, 1.807) is 49.5 Å². The first-order valence-corrected chi connectivity index (χ1v) is 9.02. The van der Waals surface area contributed by atoms with Gasteiger partial charge in [0.05, 0.1) is 33.2 Å². The molecule has 2 N–H and O–H groups in total. The number of ether oxygens (including phenoxy) is 3. The number of benzene rings is 2. The molecule has 1 heterocycles. The third-order valence-corrected chi connectivity index (χ3v) is 4.91. The standard InChI is InChI=1S/C20H21ClN2O5/c1-26-15-7-6-13(16(9-15)27-2)11-23-18(24)10-17(28-20(22)25)19(23)12-4-3-5-14(21)8-12/h3-9,17,19H,10-11H2,1-2H3,(H2,22,25)/t17-,19+/m1/s1. The molecule has 0 radical (unpaired) electrons. The Morgan fingerprint density at radius 2 is 2.00 bits per heavy atom. The highest BCUT2D eigenvalue weighted by Gasteiger charge is 2.43. The van der Waals surface area contributed by atoms with E-state index in [9.17, 15) is 9.59 Å². The first kappa shape index (κ1) is 19.8. The third kappa shape index (κ3) is 4.14.